The second-order valence-corrected chi connectivity index (χ2v) is 6.27. The predicted octanol–water partition coefficient (Wildman–Crippen LogP) is 3.09. The van der Waals surface area contributed by atoms with E-state index in [0.29, 0.717) is 5.56 Å². The molecule has 0 bridgehead atoms. The second-order valence-electron chi connectivity index (χ2n) is 4.16. The molecule has 0 aliphatic carbocycles. The predicted molar refractivity (Wildman–Crippen MR) is 81.7 cm³/mol. The lowest BCUT2D eigenvalue weighted by Gasteiger charge is -2.12. The van der Waals surface area contributed by atoms with Crippen molar-refractivity contribution in [3.63, 3.8) is 0 Å². The maximum absolute atomic E-state index is 12.1. The molecule has 0 heterocycles. The molecule has 6 heteroatoms. The maximum atomic E-state index is 12.1. The summed E-state index contributed by atoms with van der Waals surface area (Å²) >= 11 is 4.32. The Morgan fingerprint density at radius 2 is 1.85 bits per heavy atom. The molecule has 4 nitrogen and oxygen atoms in total. The first kappa shape index (κ1) is 16.9. The maximum Gasteiger partial charge on any atom is 0.309 e. The normalized spacial score (nSPS) is 11.8. The Hall–Kier alpha value is -1.14. The van der Waals surface area contributed by atoms with Crippen LogP contribution in [0.4, 0.5) is 0 Å². The highest BCUT2D eigenvalue weighted by Crippen LogP contribution is 2.19. The van der Waals surface area contributed by atoms with Gasteiger partial charge in [0, 0.05) is 29.1 Å². The average molecular weight is 359 g/mol. The van der Waals surface area contributed by atoms with Gasteiger partial charge < -0.3 is 4.74 Å². The highest BCUT2D eigenvalue weighted by Gasteiger charge is 2.24. The number of ketones is 1. The quantitative estimate of drug-likeness (QED) is 0.577. The second kappa shape index (κ2) is 8.21. The molecule has 0 saturated heterocycles. The molecule has 1 rings (SSSR count). The third-order valence-corrected chi connectivity index (χ3v) is 4.12. The number of halogens is 1. The Labute approximate surface area is 130 Å². The highest BCUT2D eigenvalue weighted by atomic mass is 79.9. The summed E-state index contributed by atoms with van der Waals surface area (Å²) in [6.45, 7) is 1.43. The molecule has 0 saturated carbocycles. The van der Waals surface area contributed by atoms with Gasteiger partial charge in [-0.25, -0.2) is 0 Å². The van der Waals surface area contributed by atoms with Gasteiger partial charge in [-0.3, -0.25) is 14.4 Å². The molecule has 1 aromatic rings. The third-order valence-electron chi connectivity index (χ3n) is 2.62. The van der Waals surface area contributed by atoms with E-state index in [0.717, 1.165) is 16.2 Å². The number of hydrogen-bond acceptors (Lipinski definition) is 5. The zero-order valence-electron chi connectivity index (χ0n) is 11.2. The molecule has 0 radical (unpaired) electrons. The van der Waals surface area contributed by atoms with Gasteiger partial charge in [-0.2, -0.15) is 0 Å². The molecule has 108 valence electrons. The van der Waals surface area contributed by atoms with Gasteiger partial charge >= 0.3 is 5.97 Å². The summed E-state index contributed by atoms with van der Waals surface area (Å²) in [5.41, 5.74) is 0.537. The van der Waals surface area contributed by atoms with E-state index in [-0.39, 0.29) is 23.1 Å². The van der Waals surface area contributed by atoms with Crippen LogP contribution in [0.3, 0.4) is 0 Å². The van der Waals surface area contributed by atoms with Crippen LogP contribution in [-0.2, 0) is 14.3 Å². The van der Waals surface area contributed by atoms with Crippen LogP contribution in [0.15, 0.2) is 28.7 Å². The van der Waals surface area contributed by atoms with E-state index >= 15 is 0 Å². The topological polar surface area (TPSA) is 60.4 Å². The number of Topliss-reactive ketones (excluding diaryl/α,β-unsaturated/α-hetero) is 1. The minimum atomic E-state index is -0.606. The molecule has 0 spiro atoms. The van der Waals surface area contributed by atoms with Gasteiger partial charge in [0.2, 0.25) is 0 Å². The molecule has 0 aliphatic rings. The zero-order valence-corrected chi connectivity index (χ0v) is 13.6. The molecule has 1 aromatic carbocycles. The fourth-order valence-electron chi connectivity index (χ4n) is 1.57. The Balaban J connectivity index is 2.72. The van der Waals surface area contributed by atoms with Crippen LogP contribution in [0.1, 0.15) is 23.7 Å². The van der Waals surface area contributed by atoms with Crippen molar-refractivity contribution in [1.82, 2.24) is 0 Å². The largest absolute Gasteiger partial charge is 0.469 e. The lowest BCUT2D eigenvalue weighted by Crippen LogP contribution is -2.22. The van der Waals surface area contributed by atoms with Crippen molar-refractivity contribution in [2.24, 2.45) is 5.92 Å². The summed E-state index contributed by atoms with van der Waals surface area (Å²) in [4.78, 5) is 34.7. The molecule has 0 aromatic heterocycles. The number of thioether (sulfide) groups is 1. The van der Waals surface area contributed by atoms with E-state index in [2.05, 4.69) is 20.7 Å². The number of rotatable bonds is 6. The lowest BCUT2D eigenvalue weighted by molar-refractivity contribution is -0.144. The summed E-state index contributed by atoms with van der Waals surface area (Å²) in [7, 11) is 1.28. The number of esters is 1. The Morgan fingerprint density at radius 1 is 1.25 bits per heavy atom. The molecule has 1 atom stereocenters. The third kappa shape index (κ3) is 5.46. The average Bonchev–Trinajstić information content (AvgIpc) is 2.42. The van der Waals surface area contributed by atoms with Gasteiger partial charge in [0.25, 0.3) is 0 Å². The monoisotopic (exact) mass is 358 g/mol. The van der Waals surface area contributed by atoms with Crippen LogP contribution in [0.2, 0.25) is 0 Å². The van der Waals surface area contributed by atoms with E-state index in [4.69, 9.17) is 0 Å². The van der Waals surface area contributed by atoms with Crippen molar-refractivity contribution in [3.8, 4) is 0 Å². The van der Waals surface area contributed by atoms with E-state index < -0.39 is 11.9 Å². The molecule has 20 heavy (non-hydrogen) atoms. The lowest BCUT2D eigenvalue weighted by atomic mass is 10.00. The summed E-state index contributed by atoms with van der Waals surface area (Å²) in [5, 5.41) is -0.0880. The van der Waals surface area contributed by atoms with Gasteiger partial charge in [-0.15, -0.1) is 0 Å². The van der Waals surface area contributed by atoms with Crippen LogP contribution in [0.5, 0.6) is 0 Å². The van der Waals surface area contributed by atoms with E-state index in [9.17, 15) is 14.4 Å². The molecule has 0 fully saturated rings. The van der Waals surface area contributed by atoms with Gasteiger partial charge in [0.1, 0.15) is 0 Å². The SMILES string of the molecule is COC(=O)C(CSC(C)=O)CC(=O)c1ccc(Br)cc1. The summed E-state index contributed by atoms with van der Waals surface area (Å²) < 4.78 is 5.56. The molecular formula is C14H15BrO4S. The number of hydrogen-bond donors (Lipinski definition) is 0. The van der Waals surface area contributed by atoms with Gasteiger partial charge in [-0.05, 0) is 12.1 Å². The van der Waals surface area contributed by atoms with Crippen molar-refractivity contribution in [2.45, 2.75) is 13.3 Å². The number of benzene rings is 1. The minimum absolute atomic E-state index is 0.0363. The van der Waals surface area contributed by atoms with Crippen molar-refractivity contribution in [3.05, 3.63) is 34.3 Å². The molecule has 0 aliphatic heterocycles. The first-order valence-electron chi connectivity index (χ1n) is 5.94. The van der Waals surface area contributed by atoms with Crippen LogP contribution < -0.4 is 0 Å². The van der Waals surface area contributed by atoms with Crippen LogP contribution in [-0.4, -0.2) is 29.7 Å². The fraction of sp³-hybridized carbons (Fsp3) is 0.357. The van der Waals surface area contributed by atoms with Crippen molar-refractivity contribution in [1.29, 1.82) is 0 Å². The standard InChI is InChI=1S/C14H15BrO4S/c1-9(16)20-8-11(14(18)19-2)7-13(17)10-3-5-12(15)6-4-10/h3-6,11H,7-8H2,1-2H3. The van der Waals surface area contributed by atoms with Crippen LogP contribution in [0.25, 0.3) is 0 Å². The highest BCUT2D eigenvalue weighted by molar-refractivity contribution is 9.10. The van der Waals surface area contributed by atoms with Gasteiger partial charge in [0.05, 0.1) is 13.0 Å². The number of ether oxygens (including phenoxy) is 1. The number of methoxy groups -OCH3 is 1. The zero-order chi connectivity index (χ0) is 15.1. The van der Waals surface area contributed by atoms with Gasteiger partial charge in [0.15, 0.2) is 10.9 Å². The molecule has 0 amide bonds. The smallest absolute Gasteiger partial charge is 0.309 e. The van der Waals surface area contributed by atoms with Crippen molar-refractivity contribution < 1.29 is 19.1 Å². The Bertz CT molecular complexity index is 498. The first-order valence-corrected chi connectivity index (χ1v) is 7.72. The fourth-order valence-corrected chi connectivity index (χ4v) is 2.53. The molecule has 1 unspecified atom stereocenters. The number of carbonyl (C=O) groups is 3. The summed E-state index contributed by atoms with van der Waals surface area (Å²) in [5.74, 6) is -0.962. The Kier molecular flexibility index (Phi) is 6.95. The summed E-state index contributed by atoms with van der Waals surface area (Å²) in [6.07, 6.45) is 0.0363. The minimum Gasteiger partial charge on any atom is -0.469 e. The van der Waals surface area contributed by atoms with Crippen molar-refractivity contribution >= 4 is 44.6 Å². The van der Waals surface area contributed by atoms with Crippen LogP contribution >= 0.6 is 27.7 Å². The van der Waals surface area contributed by atoms with Crippen molar-refractivity contribution in [2.75, 3.05) is 12.9 Å². The molecule has 0 N–H and O–H groups in total. The van der Waals surface area contributed by atoms with E-state index in [1.165, 1.54) is 14.0 Å². The van der Waals surface area contributed by atoms with E-state index in [1.54, 1.807) is 24.3 Å². The summed E-state index contributed by atoms with van der Waals surface area (Å²) in [6, 6.07) is 6.92. The molecular weight excluding hydrogens is 344 g/mol. The van der Waals surface area contributed by atoms with Crippen LogP contribution in [0, 0.1) is 5.92 Å². The first-order chi connectivity index (χ1) is 9.43. The Morgan fingerprint density at radius 3 is 2.35 bits per heavy atom. The van der Waals surface area contributed by atoms with E-state index in [1.807, 2.05) is 0 Å². The number of carbonyl (C=O) groups excluding carboxylic acids is 3. The van der Waals surface area contributed by atoms with Gasteiger partial charge in [-0.1, -0.05) is 39.8 Å².